The van der Waals surface area contributed by atoms with Gasteiger partial charge in [0.2, 0.25) is 8.32 Å². The predicted molar refractivity (Wildman–Crippen MR) is 81.5 cm³/mol. The summed E-state index contributed by atoms with van der Waals surface area (Å²) in [7, 11) is -0.193. The monoisotopic (exact) mass is 324 g/mol. The molecule has 20 heavy (non-hydrogen) atoms. The Morgan fingerprint density at radius 1 is 0.850 bits per heavy atom. The first kappa shape index (κ1) is 19.6. The van der Waals surface area contributed by atoms with Crippen molar-refractivity contribution in [3.05, 3.63) is 11.5 Å². The molecule has 0 heterocycles. The molecule has 0 spiro atoms. The van der Waals surface area contributed by atoms with Crippen LogP contribution in [0.3, 0.4) is 0 Å². The number of ether oxygens (including phenoxy) is 1. The quantitative estimate of drug-likeness (QED) is 0.350. The van der Waals surface area contributed by atoms with Gasteiger partial charge in [-0.2, -0.15) is 0 Å². The molecule has 0 unspecified atom stereocenters. The van der Waals surface area contributed by atoms with Crippen LogP contribution in [0.25, 0.3) is 0 Å². The number of hydrogen-bond donors (Lipinski definition) is 0. The second-order valence-corrected chi connectivity index (χ2v) is 12.3. The van der Waals surface area contributed by atoms with Crippen LogP contribution in [-0.2, 0) is 26.9 Å². The van der Waals surface area contributed by atoms with Crippen molar-refractivity contribution in [1.82, 2.24) is 0 Å². The molecule has 120 valence electrons. The van der Waals surface area contributed by atoms with Crippen LogP contribution >= 0.6 is 0 Å². The van der Waals surface area contributed by atoms with Crippen LogP contribution in [0.1, 0.15) is 13.8 Å². The molecule has 0 aliphatic carbocycles. The van der Waals surface area contributed by atoms with Gasteiger partial charge in [0.05, 0.1) is 6.61 Å². The van der Waals surface area contributed by atoms with Crippen molar-refractivity contribution in [2.45, 2.75) is 33.5 Å². The first-order valence-corrected chi connectivity index (χ1v) is 11.5. The van der Waals surface area contributed by atoms with Gasteiger partial charge >= 0.3 is 9.05 Å². The second kappa shape index (κ2) is 8.80. The summed E-state index contributed by atoms with van der Waals surface area (Å²) in [4.78, 5) is 0. The summed E-state index contributed by atoms with van der Waals surface area (Å²) < 4.78 is 32.5. The average Bonchev–Trinajstić information content (AvgIpc) is 2.37. The van der Waals surface area contributed by atoms with Crippen molar-refractivity contribution in [2.75, 3.05) is 34.5 Å². The molecule has 8 heteroatoms. The molecule has 0 aromatic rings. The molecule has 0 aliphatic heterocycles. The molecule has 0 rings (SSSR count). The number of rotatable bonds is 10. The Balaban J connectivity index is 4.31. The van der Waals surface area contributed by atoms with Crippen molar-refractivity contribution >= 4 is 17.4 Å². The van der Waals surface area contributed by atoms with E-state index in [0.29, 0.717) is 19.2 Å². The van der Waals surface area contributed by atoms with E-state index in [0.717, 1.165) is 5.57 Å². The summed E-state index contributed by atoms with van der Waals surface area (Å²) in [6.45, 7) is 10.9. The highest BCUT2D eigenvalue weighted by molar-refractivity contribution is 6.70. The molecular weight excluding hydrogens is 296 g/mol. The van der Waals surface area contributed by atoms with Gasteiger partial charge in [-0.3, -0.25) is 0 Å². The fourth-order valence-electron chi connectivity index (χ4n) is 1.28. The fourth-order valence-corrected chi connectivity index (χ4v) is 3.29. The third kappa shape index (κ3) is 7.41. The number of hydrogen-bond acceptors (Lipinski definition) is 6. The molecular formula is C12H28O6Si2. The van der Waals surface area contributed by atoms with E-state index in [1.165, 1.54) is 21.3 Å². The van der Waals surface area contributed by atoms with E-state index in [2.05, 4.69) is 19.6 Å². The standard InChI is InChI=1S/C12H28O6Si2/c1-11(2)12(18-19(6,7)8)16-9-10-17-20(13-3,14-4)15-5/h9-10H2,1-8H3. The topological polar surface area (TPSA) is 55.4 Å². The van der Waals surface area contributed by atoms with E-state index in [-0.39, 0.29) is 0 Å². The first-order chi connectivity index (χ1) is 9.19. The van der Waals surface area contributed by atoms with E-state index >= 15 is 0 Å². The highest BCUT2D eigenvalue weighted by atomic mass is 28.4. The Kier molecular flexibility index (Phi) is 8.63. The molecule has 0 bridgehead atoms. The van der Waals surface area contributed by atoms with Gasteiger partial charge in [0, 0.05) is 26.9 Å². The van der Waals surface area contributed by atoms with Crippen LogP contribution in [0.5, 0.6) is 0 Å². The van der Waals surface area contributed by atoms with Crippen LogP contribution in [0, 0.1) is 0 Å². The van der Waals surface area contributed by atoms with Crippen LogP contribution < -0.4 is 0 Å². The maximum Gasteiger partial charge on any atom is 0.679 e. The molecule has 0 amide bonds. The lowest BCUT2D eigenvalue weighted by atomic mass is 10.4. The molecule has 0 saturated carbocycles. The smallest absolute Gasteiger partial charge is 0.520 e. The summed E-state index contributed by atoms with van der Waals surface area (Å²) in [5.41, 5.74) is 1.00. The fraction of sp³-hybridized carbons (Fsp3) is 0.833. The third-order valence-electron chi connectivity index (χ3n) is 2.15. The van der Waals surface area contributed by atoms with E-state index in [1.807, 2.05) is 13.8 Å². The zero-order valence-electron chi connectivity index (χ0n) is 13.9. The lowest BCUT2D eigenvalue weighted by molar-refractivity contribution is -0.0134. The molecule has 0 fully saturated rings. The van der Waals surface area contributed by atoms with Gasteiger partial charge in [0.15, 0.2) is 0 Å². The molecule has 0 aliphatic rings. The van der Waals surface area contributed by atoms with Gasteiger partial charge in [-0.05, 0) is 33.5 Å². The summed E-state index contributed by atoms with van der Waals surface area (Å²) >= 11 is 0. The van der Waals surface area contributed by atoms with Gasteiger partial charge in [-0.15, -0.1) is 0 Å². The molecule has 0 saturated heterocycles. The van der Waals surface area contributed by atoms with Crippen molar-refractivity contribution in [3.8, 4) is 0 Å². The van der Waals surface area contributed by atoms with E-state index in [9.17, 15) is 0 Å². The Morgan fingerprint density at radius 3 is 1.70 bits per heavy atom. The minimum atomic E-state index is -2.99. The van der Waals surface area contributed by atoms with Gasteiger partial charge in [0.1, 0.15) is 6.61 Å². The molecule has 0 aromatic heterocycles. The summed E-state index contributed by atoms with van der Waals surface area (Å²) in [6.07, 6.45) is 0. The molecule has 0 atom stereocenters. The summed E-state index contributed by atoms with van der Waals surface area (Å²) in [6, 6.07) is 0. The van der Waals surface area contributed by atoms with Gasteiger partial charge in [-0.25, -0.2) is 0 Å². The zero-order valence-corrected chi connectivity index (χ0v) is 15.9. The number of allylic oxidation sites excluding steroid dienone is 1. The zero-order chi connectivity index (χ0) is 15.8. The van der Waals surface area contributed by atoms with Crippen LogP contribution in [0.4, 0.5) is 0 Å². The largest absolute Gasteiger partial charge is 0.679 e. The second-order valence-electron chi connectivity index (χ2n) is 5.31. The first-order valence-electron chi connectivity index (χ1n) is 6.48. The van der Waals surface area contributed by atoms with Crippen molar-refractivity contribution < 1.29 is 26.9 Å². The predicted octanol–water partition coefficient (Wildman–Crippen LogP) is 2.50. The van der Waals surface area contributed by atoms with Crippen molar-refractivity contribution in [2.24, 2.45) is 0 Å². The summed E-state index contributed by atoms with van der Waals surface area (Å²) in [5, 5.41) is 0. The Labute approximate surface area is 124 Å². The maximum absolute atomic E-state index is 5.87. The molecule has 6 nitrogen and oxygen atoms in total. The minimum Gasteiger partial charge on any atom is -0.520 e. The molecule has 0 N–H and O–H groups in total. The molecule has 0 radical (unpaired) electrons. The lowest BCUT2D eigenvalue weighted by Crippen LogP contribution is -2.47. The summed E-state index contributed by atoms with van der Waals surface area (Å²) in [5.74, 6) is 0.576. The van der Waals surface area contributed by atoms with Crippen LogP contribution in [-0.4, -0.2) is 51.9 Å². The third-order valence-corrected chi connectivity index (χ3v) is 5.01. The SMILES string of the molecule is CO[Si](OC)(OC)OCCOC(O[Si](C)(C)C)=C(C)C. The van der Waals surface area contributed by atoms with Gasteiger partial charge < -0.3 is 26.9 Å². The van der Waals surface area contributed by atoms with Crippen LogP contribution in [0.2, 0.25) is 19.6 Å². The van der Waals surface area contributed by atoms with E-state index in [4.69, 9.17) is 26.9 Å². The average molecular weight is 325 g/mol. The van der Waals surface area contributed by atoms with Crippen molar-refractivity contribution in [1.29, 1.82) is 0 Å². The Bertz CT molecular complexity index is 297. The molecule has 0 aromatic carbocycles. The van der Waals surface area contributed by atoms with E-state index < -0.39 is 17.4 Å². The Hall–Kier alpha value is -0.386. The normalized spacial score (nSPS) is 12.2. The van der Waals surface area contributed by atoms with E-state index in [1.54, 1.807) is 0 Å². The highest BCUT2D eigenvalue weighted by Crippen LogP contribution is 2.15. The highest BCUT2D eigenvalue weighted by Gasteiger charge is 2.42. The van der Waals surface area contributed by atoms with Crippen LogP contribution in [0.15, 0.2) is 11.5 Å². The van der Waals surface area contributed by atoms with Crippen molar-refractivity contribution in [3.63, 3.8) is 0 Å². The Morgan fingerprint density at radius 2 is 1.35 bits per heavy atom. The minimum absolute atomic E-state index is 0.299. The lowest BCUT2D eigenvalue weighted by Gasteiger charge is -2.25. The van der Waals surface area contributed by atoms with Gasteiger partial charge in [-0.1, -0.05) is 0 Å². The van der Waals surface area contributed by atoms with Gasteiger partial charge in [0.25, 0.3) is 5.95 Å². The maximum atomic E-state index is 5.87.